The van der Waals surface area contributed by atoms with Crippen LogP contribution in [0.2, 0.25) is 0 Å². The second-order valence-corrected chi connectivity index (χ2v) is 7.45. The van der Waals surface area contributed by atoms with E-state index in [4.69, 9.17) is 9.47 Å². The first kappa shape index (κ1) is 18.2. The minimum atomic E-state index is -1.72. The van der Waals surface area contributed by atoms with Crippen molar-refractivity contribution < 1.29 is 18.5 Å². The maximum Gasteiger partial charge on any atom is 0.263 e. The number of nitrogens with zero attached hydrogens (tertiary/aromatic N) is 2. The van der Waals surface area contributed by atoms with Crippen molar-refractivity contribution in [2.75, 3.05) is 13.7 Å². The van der Waals surface area contributed by atoms with Crippen LogP contribution in [0.15, 0.2) is 59.8 Å². The van der Waals surface area contributed by atoms with Gasteiger partial charge >= 0.3 is 0 Å². The molecule has 0 radical (unpaired) electrons. The Morgan fingerprint density at radius 1 is 1.32 bits per heavy atom. The molecule has 2 heterocycles. The molecular weight excluding hydrogens is 378 g/mol. The Balaban J connectivity index is 1.52. The van der Waals surface area contributed by atoms with Gasteiger partial charge in [-0.2, -0.15) is 5.10 Å². The highest BCUT2D eigenvalue weighted by atomic mass is 32.2. The molecule has 7 nitrogen and oxygen atoms in total. The molecule has 0 fully saturated rings. The van der Waals surface area contributed by atoms with Crippen molar-refractivity contribution in [1.82, 2.24) is 14.5 Å². The van der Waals surface area contributed by atoms with Crippen molar-refractivity contribution in [3.05, 3.63) is 71.5 Å². The Morgan fingerprint density at radius 2 is 2.21 bits per heavy atom. The van der Waals surface area contributed by atoms with Crippen LogP contribution < -0.4 is 14.2 Å². The van der Waals surface area contributed by atoms with Crippen molar-refractivity contribution >= 4 is 16.9 Å². The fourth-order valence-corrected chi connectivity index (χ4v) is 4.07. The zero-order chi connectivity index (χ0) is 19.5. The number of fused-ring (bicyclic) bond motifs is 1. The molecule has 8 heteroatoms. The van der Waals surface area contributed by atoms with Crippen LogP contribution in [0.25, 0.3) is 0 Å². The molecule has 4 rings (SSSR count). The summed E-state index contributed by atoms with van der Waals surface area (Å²) in [5, 5.41) is 4.18. The van der Waals surface area contributed by atoms with Crippen LogP contribution in [-0.2, 0) is 24.0 Å². The maximum absolute atomic E-state index is 12.7. The summed E-state index contributed by atoms with van der Waals surface area (Å²) in [6, 6.07) is 12.4. The summed E-state index contributed by atoms with van der Waals surface area (Å²) in [5.41, 5.74) is 2.26. The minimum Gasteiger partial charge on any atom is -0.496 e. The summed E-state index contributed by atoms with van der Waals surface area (Å²) >= 11 is 0. The summed E-state index contributed by atoms with van der Waals surface area (Å²) in [7, 11) is -0.167. The SMILES string of the molecule is COc1cc(C(=O)NS(=O)c2cccc3c2OCC3)ccc1Cn1cccn1. The molecule has 0 saturated carbocycles. The van der Waals surface area contributed by atoms with Gasteiger partial charge in [0, 0.05) is 29.9 Å². The maximum atomic E-state index is 12.7. The lowest BCUT2D eigenvalue weighted by molar-refractivity contribution is 0.0982. The molecule has 1 atom stereocenters. The zero-order valence-electron chi connectivity index (χ0n) is 15.3. The monoisotopic (exact) mass is 397 g/mol. The van der Waals surface area contributed by atoms with Gasteiger partial charge in [0.15, 0.2) is 11.0 Å². The molecule has 3 aromatic rings. The van der Waals surface area contributed by atoms with Gasteiger partial charge in [0.2, 0.25) is 0 Å². The lowest BCUT2D eigenvalue weighted by atomic mass is 10.1. The smallest absolute Gasteiger partial charge is 0.263 e. The molecule has 0 saturated heterocycles. The quantitative estimate of drug-likeness (QED) is 0.690. The first-order valence-corrected chi connectivity index (χ1v) is 9.92. The third kappa shape index (κ3) is 3.63. The molecule has 0 aliphatic carbocycles. The predicted molar refractivity (Wildman–Crippen MR) is 104 cm³/mol. The number of amides is 1. The van der Waals surface area contributed by atoms with E-state index in [1.54, 1.807) is 36.2 Å². The lowest BCUT2D eigenvalue weighted by Gasteiger charge is -2.12. The molecule has 0 bridgehead atoms. The number of nitrogens with one attached hydrogen (secondary N) is 1. The van der Waals surface area contributed by atoms with Crippen LogP contribution in [-0.4, -0.2) is 33.6 Å². The number of benzene rings is 2. The van der Waals surface area contributed by atoms with Crippen LogP contribution in [0.1, 0.15) is 21.5 Å². The van der Waals surface area contributed by atoms with E-state index in [-0.39, 0.29) is 0 Å². The van der Waals surface area contributed by atoms with E-state index in [2.05, 4.69) is 9.82 Å². The summed E-state index contributed by atoms with van der Waals surface area (Å²) in [6.07, 6.45) is 4.33. The largest absolute Gasteiger partial charge is 0.496 e. The van der Waals surface area contributed by atoms with Crippen molar-refractivity contribution in [3.63, 3.8) is 0 Å². The summed E-state index contributed by atoms with van der Waals surface area (Å²) in [4.78, 5) is 13.1. The Labute approximate surface area is 164 Å². The zero-order valence-corrected chi connectivity index (χ0v) is 16.1. The molecule has 1 N–H and O–H groups in total. The molecule has 1 aliphatic heterocycles. The third-order valence-electron chi connectivity index (χ3n) is 4.50. The van der Waals surface area contributed by atoms with Crippen LogP contribution in [0, 0.1) is 0 Å². The number of hydrogen-bond acceptors (Lipinski definition) is 5. The molecule has 1 aromatic heterocycles. The van der Waals surface area contributed by atoms with Crippen molar-refractivity contribution in [1.29, 1.82) is 0 Å². The van der Waals surface area contributed by atoms with E-state index in [0.717, 1.165) is 17.5 Å². The fourth-order valence-electron chi connectivity index (χ4n) is 3.11. The number of carbonyl (C=O) groups excluding carboxylic acids is 1. The van der Waals surface area contributed by atoms with Gasteiger partial charge in [0.05, 0.1) is 20.3 Å². The average Bonchev–Trinajstić information content (AvgIpc) is 3.39. The molecular formula is C20H19N3O4S. The standard InChI is InChI=1S/C20H19N3O4S/c1-26-17-12-15(6-7-16(17)13-23-10-3-9-21-23)20(24)22-28(25)18-5-2-4-14-8-11-27-19(14)18/h2-7,9-10,12H,8,11,13H2,1H3,(H,22,24). The Bertz CT molecular complexity index is 1030. The molecule has 1 aliphatic rings. The molecule has 28 heavy (non-hydrogen) atoms. The van der Waals surface area contributed by atoms with Gasteiger partial charge in [-0.05, 0) is 29.8 Å². The highest BCUT2D eigenvalue weighted by Crippen LogP contribution is 2.31. The van der Waals surface area contributed by atoms with Crippen molar-refractivity contribution in [3.8, 4) is 11.5 Å². The summed E-state index contributed by atoms with van der Waals surface area (Å²) in [5.74, 6) is 0.726. The molecule has 2 aromatic carbocycles. The first-order valence-electron chi connectivity index (χ1n) is 8.77. The molecule has 1 amide bonds. The van der Waals surface area contributed by atoms with Crippen molar-refractivity contribution in [2.24, 2.45) is 0 Å². The van der Waals surface area contributed by atoms with Crippen LogP contribution in [0.3, 0.4) is 0 Å². The van der Waals surface area contributed by atoms with Gasteiger partial charge in [-0.3, -0.25) is 14.2 Å². The van der Waals surface area contributed by atoms with Gasteiger partial charge in [0.25, 0.3) is 5.91 Å². The van der Waals surface area contributed by atoms with Gasteiger partial charge in [-0.15, -0.1) is 0 Å². The van der Waals surface area contributed by atoms with E-state index in [9.17, 15) is 9.00 Å². The van der Waals surface area contributed by atoms with Crippen LogP contribution in [0.4, 0.5) is 0 Å². The first-order chi connectivity index (χ1) is 13.7. The van der Waals surface area contributed by atoms with Gasteiger partial charge in [0.1, 0.15) is 16.4 Å². The number of methoxy groups -OCH3 is 1. The number of aromatic nitrogens is 2. The predicted octanol–water partition coefficient (Wildman–Crippen LogP) is 2.33. The van der Waals surface area contributed by atoms with Gasteiger partial charge < -0.3 is 9.47 Å². The van der Waals surface area contributed by atoms with Crippen LogP contribution in [0.5, 0.6) is 11.5 Å². The Hall–Kier alpha value is -3.13. The summed E-state index contributed by atoms with van der Waals surface area (Å²) in [6.45, 7) is 1.09. The van der Waals surface area contributed by atoms with Crippen molar-refractivity contribution in [2.45, 2.75) is 17.9 Å². The lowest BCUT2D eigenvalue weighted by Crippen LogP contribution is -2.26. The number of rotatable bonds is 6. The Kier molecular flexibility index (Phi) is 5.12. The molecule has 144 valence electrons. The van der Waals surface area contributed by atoms with Gasteiger partial charge in [-0.1, -0.05) is 18.2 Å². The van der Waals surface area contributed by atoms with E-state index in [1.165, 1.54) is 0 Å². The van der Waals surface area contributed by atoms with E-state index in [0.29, 0.717) is 35.1 Å². The highest BCUT2D eigenvalue weighted by Gasteiger charge is 2.21. The van der Waals surface area contributed by atoms with E-state index >= 15 is 0 Å². The van der Waals surface area contributed by atoms with E-state index in [1.807, 2.05) is 30.5 Å². The number of para-hydroxylation sites is 1. The number of carbonyl (C=O) groups is 1. The number of ether oxygens (including phenoxy) is 2. The highest BCUT2D eigenvalue weighted by molar-refractivity contribution is 7.83. The second kappa shape index (κ2) is 7.85. The van der Waals surface area contributed by atoms with Gasteiger partial charge in [-0.25, -0.2) is 4.21 Å². The number of hydrogen-bond donors (Lipinski definition) is 1. The van der Waals surface area contributed by atoms with Crippen LogP contribution >= 0.6 is 0 Å². The van der Waals surface area contributed by atoms with E-state index < -0.39 is 16.9 Å². The summed E-state index contributed by atoms with van der Waals surface area (Å²) < 4.78 is 28.0. The third-order valence-corrected chi connectivity index (χ3v) is 5.60. The minimum absolute atomic E-state index is 0.364. The normalized spacial score (nSPS) is 13.5. The second-order valence-electron chi connectivity index (χ2n) is 6.27. The molecule has 1 unspecified atom stereocenters. The average molecular weight is 397 g/mol. The topological polar surface area (TPSA) is 82.5 Å². The molecule has 0 spiro atoms. The Morgan fingerprint density at radius 3 is 3.00 bits per heavy atom. The fraction of sp³-hybridized carbons (Fsp3) is 0.200.